The molecular weight excluding hydrogens is 428 g/mol. The topological polar surface area (TPSA) is 75.3 Å². The Morgan fingerprint density at radius 2 is 1.68 bits per heavy atom. The van der Waals surface area contributed by atoms with Crippen LogP contribution in [0.5, 0.6) is 0 Å². The van der Waals surface area contributed by atoms with Gasteiger partial charge in [-0.15, -0.1) is 0 Å². The number of hydrogen-bond donors (Lipinski definition) is 2. The number of nitrogens with one attached hydrogen (secondary N) is 2. The summed E-state index contributed by atoms with van der Waals surface area (Å²) in [6.07, 6.45) is 0. The highest BCUT2D eigenvalue weighted by Crippen LogP contribution is 2.18. The lowest BCUT2D eigenvalue weighted by Crippen LogP contribution is -2.26. The Kier molecular flexibility index (Phi) is 7.76. The summed E-state index contributed by atoms with van der Waals surface area (Å²) in [5, 5.41) is 2.89. The molecule has 7 heteroatoms. The average molecular weight is 455 g/mol. The van der Waals surface area contributed by atoms with Gasteiger partial charge in [0.2, 0.25) is 0 Å². The van der Waals surface area contributed by atoms with Crippen LogP contribution in [0.25, 0.3) is 0 Å². The van der Waals surface area contributed by atoms with Crippen molar-refractivity contribution in [3.8, 4) is 0 Å². The Balaban J connectivity index is 1.52. The fourth-order valence-corrected chi connectivity index (χ4v) is 4.93. The Morgan fingerprint density at radius 3 is 2.42 bits per heavy atom. The van der Waals surface area contributed by atoms with Crippen molar-refractivity contribution in [1.29, 1.82) is 0 Å². The van der Waals surface area contributed by atoms with Gasteiger partial charge in [0.05, 0.1) is 4.90 Å². The molecular formula is C24H26N2O3S2. The molecule has 0 radical (unpaired) electrons. The van der Waals surface area contributed by atoms with E-state index >= 15 is 0 Å². The standard InChI is InChI=1S/C24H26N2O3S2/c1-18-10-12-23(13-11-18)31(28,29)26-22-9-5-8-20(16-22)24(27)25-14-15-30-17-21-7-4-3-6-19(21)2/h3-13,16,26H,14-15,17H2,1-2H3,(H,25,27). The maximum atomic E-state index is 12.6. The molecule has 0 fully saturated rings. The minimum Gasteiger partial charge on any atom is -0.351 e. The van der Waals surface area contributed by atoms with E-state index < -0.39 is 10.0 Å². The molecule has 0 saturated heterocycles. The van der Waals surface area contributed by atoms with Crippen LogP contribution in [0.4, 0.5) is 5.69 Å². The van der Waals surface area contributed by atoms with Gasteiger partial charge >= 0.3 is 0 Å². The van der Waals surface area contributed by atoms with Crippen LogP contribution in [0.15, 0.2) is 77.7 Å². The number of amides is 1. The zero-order chi connectivity index (χ0) is 22.3. The number of sulfonamides is 1. The quantitative estimate of drug-likeness (QED) is 0.457. The molecule has 3 rings (SSSR count). The minimum atomic E-state index is -3.71. The minimum absolute atomic E-state index is 0.179. The highest BCUT2D eigenvalue weighted by Gasteiger charge is 2.15. The van der Waals surface area contributed by atoms with E-state index in [1.165, 1.54) is 11.1 Å². The summed E-state index contributed by atoms with van der Waals surface area (Å²) >= 11 is 1.76. The summed E-state index contributed by atoms with van der Waals surface area (Å²) in [5.41, 5.74) is 4.31. The predicted molar refractivity (Wildman–Crippen MR) is 128 cm³/mol. The third kappa shape index (κ3) is 6.60. The second-order valence-corrected chi connectivity index (χ2v) is 10.0. The first-order valence-electron chi connectivity index (χ1n) is 9.95. The fourth-order valence-electron chi connectivity index (χ4n) is 2.95. The summed E-state index contributed by atoms with van der Waals surface area (Å²) in [4.78, 5) is 12.6. The molecule has 0 bridgehead atoms. The molecule has 0 heterocycles. The van der Waals surface area contributed by atoms with E-state index in [-0.39, 0.29) is 10.8 Å². The number of rotatable bonds is 9. The highest BCUT2D eigenvalue weighted by atomic mass is 32.2. The number of carbonyl (C=O) groups excluding carboxylic acids is 1. The van der Waals surface area contributed by atoms with Crippen molar-refractivity contribution in [3.05, 3.63) is 95.1 Å². The SMILES string of the molecule is Cc1ccc(S(=O)(=O)Nc2cccc(C(=O)NCCSCc3ccccc3C)c2)cc1. The van der Waals surface area contributed by atoms with E-state index in [1.807, 2.05) is 19.1 Å². The molecule has 5 nitrogen and oxygen atoms in total. The number of benzene rings is 3. The average Bonchev–Trinajstić information content (AvgIpc) is 2.75. The number of aryl methyl sites for hydroxylation is 2. The molecule has 162 valence electrons. The van der Waals surface area contributed by atoms with E-state index in [4.69, 9.17) is 0 Å². The molecule has 1 amide bonds. The number of hydrogen-bond acceptors (Lipinski definition) is 4. The lowest BCUT2D eigenvalue weighted by atomic mass is 10.1. The van der Waals surface area contributed by atoms with Crippen molar-refractivity contribution in [2.75, 3.05) is 17.0 Å². The fraction of sp³-hybridized carbons (Fsp3) is 0.208. The van der Waals surface area contributed by atoms with Crippen LogP contribution in [0.2, 0.25) is 0 Å². The molecule has 0 aliphatic rings. The Bertz CT molecular complexity index is 1140. The van der Waals surface area contributed by atoms with Crippen LogP contribution in [0.1, 0.15) is 27.0 Å². The van der Waals surface area contributed by atoms with Crippen molar-refractivity contribution in [2.45, 2.75) is 24.5 Å². The van der Waals surface area contributed by atoms with Crippen LogP contribution in [-0.2, 0) is 15.8 Å². The normalized spacial score (nSPS) is 11.2. The van der Waals surface area contributed by atoms with E-state index in [2.05, 4.69) is 29.1 Å². The number of anilines is 1. The van der Waals surface area contributed by atoms with E-state index in [0.717, 1.165) is 17.1 Å². The number of carbonyl (C=O) groups is 1. The van der Waals surface area contributed by atoms with E-state index in [9.17, 15) is 13.2 Å². The van der Waals surface area contributed by atoms with Gasteiger partial charge in [-0.05, 0) is 55.3 Å². The number of thioether (sulfide) groups is 1. The van der Waals surface area contributed by atoms with Gasteiger partial charge in [0.1, 0.15) is 0 Å². The van der Waals surface area contributed by atoms with Crippen LogP contribution >= 0.6 is 11.8 Å². The molecule has 0 unspecified atom stereocenters. The summed E-state index contributed by atoms with van der Waals surface area (Å²) < 4.78 is 27.7. The maximum absolute atomic E-state index is 12.6. The van der Waals surface area contributed by atoms with Crippen LogP contribution < -0.4 is 10.0 Å². The molecule has 3 aromatic carbocycles. The van der Waals surface area contributed by atoms with Crippen LogP contribution in [0.3, 0.4) is 0 Å². The second kappa shape index (κ2) is 10.5. The maximum Gasteiger partial charge on any atom is 0.261 e. The second-order valence-electron chi connectivity index (χ2n) is 7.23. The molecule has 0 aliphatic heterocycles. The first kappa shape index (κ1) is 22.9. The molecule has 0 saturated carbocycles. The van der Waals surface area contributed by atoms with Crippen molar-refractivity contribution in [1.82, 2.24) is 5.32 Å². The molecule has 31 heavy (non-hydrogen) atoms. The van der Waals surface area contributed by atoms with Crippen molar-refractivity contribution >= 4 is 33.4 Å². The summed E-state index contributed by atoms with van der Waals surface area (Å²) in [6.45, 7) is 4.53. The summed E-state index contributed by atoms with van der Waals surface area (Å²) in [5.74, 6) is 1.46. The van der Waals surface area contributed by atoms with Crippen molar-refractivity contribution in [3.63, 3.8) is 0 Å². The monoisotopic (exact) mass is 454 g/mol. The highest BCUT2D eigenvalue weighted by molar-refractivity contribution is 7.98. The molecule has 0 spiro atoms. The first-order chi connectivity index (χ1) is 14.8. The first-order valence-corrected chi connectivity index (χ1v) is 12.6. The lowest BCUT2D eigenvalue weighted by molar-refractivity contribution is 0.0956. The van der Waals surface area contributed by atoms with Crippen molar-refractivity contribution in [2.24, 2.45) is 0 Å². The van der Waals surface area contributed by atoms with Gasteiger partial charge in [-0.2, -0.15) is 11.8 Å². The Hall–Kier alpha value is -2.77. The summed E-state index contributed by atoms with van der Waals surface area (Å²) in [7, 11) is -3.71. The van der Waals surface area contributed by atoms with Gasteiger partial charge in [0, 0.05) is 29.3 Å². The van der Waals surface area contributed by atoms with Crippen LogP contribution in [-0.4, -0.2) is 26.6 Å². The Labute approximate surface area is 188 Å². The zero-order valence-corrected chi connectivity index (χ0v) is 19.2. The van der Waals surface area contributed by atoms with Gasteiger partial charge in [0.15, 0.2) is 0 Å². The molecule has 0 aliphatic carbocycles. The van der Waals surface area contributed by atoms with Gasteiger partial charge < -0.3 is 5.32 Å². The third-order valence-corrected chi connectivity index (χ3v) is 7.16. The van der Waals surface area contributed by atoms with Gasteiger partial charge in [-0.25, -0.2) is 8.42 Å². The third-order valence-electron chi connectivity index (χ3n) is 4.76. The van der Waals surface area contributed by atoms with E-state index in [1.54, 1.807) is 60.3 Å². The zero-order valence-electron chi connectivity index (χ0n) is 17.6. The van der Waals surface area contributed by atoms with Crippen LogP contribution in [0, 0.1) is 13.8 Å². The van der Waals surface area contributed by atoms with Gasteiger partial charge in [0.25, 0.3) is 15.9 Å². The van der Waals surface area contributed by atoms with Gasteiger partial charge in [-0.1, -0.05) is 48.0 Å². The molecule has 3 aromatic rings. The molecule has 0 aromatic heterocycles. The van der Waals surface area contributed by atoms with Gasteiger partial charge in [-0.3, -0.25) is 9.52 Å². The Morgan fingerprint density at radius 1 is 0.935 bits per heavy atom. The molecule has 0 atom stereocenters. The van der Waals surface area contributed by atoms with Crippen molar-refractivity contribution < 1.29 is 13.2 Å². The largest absolute Gasteiger partial charge is 0.351 e. The lowest BCUT2D eigenvalue weighted by Gasteiger charge is -2.10. The smallest absolute Gasteiger partial charge is 0.261 e. The van der Waals surface area contributed by atoms with E-state index in [0.29, 0.717) is 17.8 Å². The predicted octanol–water partition coefficient (Wildman–Crippen LogP) is 4.77. The summed E-state index contributed by atoms with van der Waals surface area (Å²) in [6, 6.07) is 21.4. The molecule has 2 N–H and O–H groups in total.